The molecular formula is C26H35N3O6S. The molecule has 3 fully saturated rings. The van der Waals surface area contributed by atoms with Crippen molar-refractivity contribution in [2.24, 2.45) is 17.8 Å². The molecule has 2 bridgehead atoms. The van der Waals surface area contributed by atoms with Gasteiger partial charge in [-0.05, 0) is 75.5 Å². The van der Waals surface area contributed by atoms with Gasteiger partial charge in [0.15, 0.2) is 0 Å². The van der Waals surface area contributed by atoms with Crippen molar-refractivity contribution >= 4 is 41.3 Å². The number of nitrogens with zero attached hydrogens (tertiary/aromatic N) is 1. The van der Waals surface area contributed by atoms with Crippen LogP contribution < -0.4 is 10.6 Å². The Morgan fingerprint density at radius 3 is 2.58 bits per heavy atom. The van der Waals surface area contributed by atoms with Crippen LogP contribution in [0.25, 0.3) is 0 Å². The van der Waals surface area contributed by atoms with E-state index in [9.17, 15) is 19.2 Å². The number of carboxylic acids is 1. The highest BCUT2D eigenvalue weighted by Gasteiger charge is 2.51. The molecule has 3 aliphatic rings. The van der Waals surface area contributed by atoms with Crippen LogP contribution in [0.15, 0.2) is 24.3 Å². The Labute approximate surface area is 215 Å². The van der Waals surface area contributed by atoms with Crippen LogP contribution in [-0.4, -0.2) is 63.2 Å². The summed E-state index contributed by atoms with van der Waals surface area (Å²) in [5, 5.41) is 14.1. The molecule has 3 amide bonds. The maximum atomic E-state index is 13.4. The fourth-order valence-corrected chi connectivity index (χ4v) is 7.41. The summed E-state index contributed by atoms with van der Waals surface area (Å²) >= 11 is 1.65. The molecule has 4 rings (SSSR count). The minimum absolute atomic E-state index is 0.0946. The third kappa shape index (κ3) is 6.32. The summed E-state index contributed by atoms with van der Waals surface area (Å²) in [7, 11) is 0. The molecule has 1 saturated heterocycles. The van der Waals surface area contributed by atoms with E-state index in [1.807, 2.05) is 20.8 Å². The van der Waals surface area contributed by atoms with Crippen molar-refractivity contribution in [3.05, 3.63) is 29.8 Å². The SMILES string of the molecule is CC(C)(C)OC(=O)[C@@H]1CS[C@H]([C@@H]2C[C@@H]3CC[C@@H]2C3)N1C(=O)CNC(=O)Nc1cccc(CC(=O)O)c1. The number of thioether (sulfide) groups is 1. The average Bonchev–Trinajstić information content (AvgIpc) is 3.51. The maximum Gasteiger partial charge on any atom is 0.330 e. The number of ether oxygens (including phenoxy) is 1. The monoisotopic (exact) mass is 517 g/mol. The van der Waals surface area contributed by atoms with Crippen LogP contribution in [0, 0.1) is 17.8 Å². The fourth-order valence-electron chi connectivity index (χ4n) is 5.72. The molecule has 2 saturated carbocycles. The first-order chi connectivity index (χ1) is 17.0. The minimum Gasteiger partial charge on any atom is -0.481 e. The molecule has 1 aromatic rings. The number of rotatable bonds is 7. The third-order valence-corrected chi connectivity index (χ3v) is 8.53. The number of aliphatic carboxylic acids is 1. The normalized spacial score (nSPS) is 27.1. The molecule has 10 heteroatoms. The van der Waals surface area contributed by atoms with Crippen LogP contribution in [0.1, 0.15) is 52.0 Å². The first kappa shape index (κ1) is 26.3. The number of anilines is 1. The molecule has 1 heterocycles. The largest absolute Gasteiger partial charge is 0.481 e. The molecule has 0 spiro atoms. The van der Waals surface area contributed by atoms with Gasteiger partial charge in [0.25, 0.3) is 0 Å². The first-order valence-corrected chi connectivity index (χ1v) is 13.6. The Kier molecular flexibility index (Phi) is 7.82. The van der Waals surface area contributed by atoms with Gasteiger partial charge < -0.3 is 25.4 Å². The second-order valence-electron chi connectivity index (χ2n) is 11.0. The zero-order valence-corrected chi connectivity index (χ0v) is 21.8. The Morgan fingerprint density at radius 1 is 1.17 bits per heavy atom. The maximum absolute atomic E-state index is 13.4. The van der Waals surface area contributed by atoms with Crippen molar-refractivity contribution in [2.75, 3.05) is 17.6 Å². The summed E-state index contributed by atoms with van der Waals surface area (Å²) in [6.07, 6.45) is 4.54. The average molecular weight is 518 g/mol. The zero-order chi connectivity index (χ0) is 26.0. The lowest BCUT2D eigenvalue weighted by Crippen LogP contribution is -2.53. The van der Waals surface area contributed by atoms with Gasteiger partial charge in [-0.2, -0.15) is 0 Å². The standard InChI is InChI=1S/C26H35N3O6S/c1-26(2,3)35-24(33)20-14-36-23(19-11-16-7-8-17(19)9-16)29(20)21(30)13-27-25(34)28-18-6-4-5-15(10-18)12-22(31)32/h4-6,10,16-17,19-20,23H,7-9,11-14H2,1-3H3,(H,31,32)(H2,27,28,34)/t16-,17-,19-,20+,23-/m1/s1. The molecule has 5 atom stereocenters. The van der Waals surface area contributed by atoms with Crippen LogP contribution in [0.3, 0.4) is 0 Å². The quantitative estimate of drug-likeness (QED) is 0.473. The van der Waals surface area contributed by atoms with Crippen LogP contribution in [0.5, 0.6) is 0 Å². The van der Waals surface area contributed by atoms with Crippen LogP contribution in [0.4, 0.5) is 10.5 Å². The van der Waals surface area contributed by atoms with Crippen molar-refractivity contribution in [2.45, 2.75) is 69.9 Å². The van der Waals surface area contributed by atoms with Gasteiger partial charge >= 0.3 is 18.0 Å². The van der Waals surface area contributed by atoms with Crippen molar-refractivity contribution in [3.63, 3.8) is 0 Å². The van der Waals surface area contributed by atoms with E-state index in [1.165, 1.54) is 19.3 Å². The summed E-state index contributed by atoms with van der Waals surface area (Å²) < 4.78 is 5.63. The molecular weight excluding hydrogens is 482 g/mol. The molecule has 1 aliphatic heterocycles. The van der Waals surface area contributed by atoms with E-state index < -0.39 is 29.6 Å². The summed E-state index contributed by atoms with van der Waals surface area (Å²) in [6.45, 7) is 5.18. The number of hydrogen-bond acceptors (Lipinski definition) is 6. The number of benzene rings is 1. The lowest BCUT2D eigenvalue weighted by Gasteiger charge is -2.36. The number of carbonyl (C=O) groups excluding carboxylic acids is 3. The van der Waals surface area contributed by atoms with E-state index >= 15 is 0 Å². The van der Waals surface area contributed by atoms with Crippen molar-refractivity contribution in [3.8, 4) is 0 Å². The van der Waals surface area contributed by atoms with Crippen molar-refractivity contribution in [1.29, 1.82) is 0 Å². The lowest BCUT2D eigenvalue weighted by molar-refractivity contribution is -0.164. The van der Waals surface area contributed by atoms with E-state index in [2.05, 4.69) is 10.6 Å². The van der Waals surface area contributed by atoms with Gasteiger partial charge in [0.1, 0.15) is 11.6 Å². The summed E-state index contributed by atoms with van der Waals surface area (Å²) in [5.74, 6) is 0.452. The lowest BCUT2D eigenvalue weighted by atomic mass is 9.88. The number of nitrogens with one attached hydrogen (secondary N) is 2. The molecule has 0 aromatic heterocycles. The van der Waals surface area contributed by atoms with E-state index in [1.54, 1.807) is 40.9 Å². The number of esters is 1. The second-order valence-corrected chi connectivity index (χ2v) is 12.1. The van der Waals surface area contributed by atoms with Gasteiger partial charge in [0, 0.05) is 11.4 Å². The third-order valence-electron chi connectivity index (χ3n) is 7.10. The predicted octanol–water partition coefficient (Wildman–Crippen LogP) is 3.48. The van der Waals surface area contributed by atoms with Gasteiger partial charge in [-0.3, -0.25) is 9.59 Å². The number of carbonyl (C=O) groups is 4. The highest BCUT2D eigenvalue weighted by molar-refractivity contribution is 8.00. The van der Waals surface area contributed by atoms with E-state index in [-0.39, 0.29) is 24.2 Å². The van der Waals surface area contributed by atoms with Gasteiger partial charge in [-0.25, -0.2) is 9.59 Å². The smallest absolute Gasteiger partial charge is 0.330 e. The number of carboxylic acid groups (broad SMARTS) is 1. The zero-order valence-electron chi connectivity index (χ0n) is 21.0. The molecule has 2 aliphatic carbocycles. The Hall–Kier alpha value is -2.75. The molecule has 0 unspecified atom stereocenters. The van der Waals surface area contributed by atoms with Gasteiger partial charge in [0.05, 0.1) is 18.3 Å². The van der Waals surface area contributed by atoms with E-state index in [0.717, 1.165) is 6.42 Å². The Balaban J connectivity index is 1.41. The highest BCUT2D eigenvalue weighted by Crippen LogP contribution is 2.53. The number of hydrogen-bond donors (Lipinski definition) is 3. The molecule has 196 valence electrons. The fraction of sp³-hybridized carbons (Fsp3) is 0.615. The number of fused-ring (bicyclic) bond motifs is 2. The molecule has 3 N–H and O–H groups in total. The highest BCUT2D eigenvalue weighted by atomic mass is 32.2. The summed E-state index contributed by atoms with van der Waals surface area (Å²) in [4.78, 5) is 51.6. The molecule has 1 aromatic carbocycles. The first-order valence-electron chi connectivity index (χ1n) is 12.5. The van der Waals surface area contributed by atoms with Gasteiger partial charge in [0.2, 0.25) is 5.91 Å². The van der Waals surface area contributed by atoms with E-state index in [4.69, 9.17) is 9.84 Å². The van der Waals surface area contributed by atoms with E-state index in [0.29, 0.717) is 34.8 Å². The Bertz CT molecular complexity index is 1030. The second kappa shape index (κ2) is 10.7. The molecule has 9 nitrogen and oxygen atoms in total. The topological polar surface area (TPSA) is 125 Å². The molecule has 36 heavy (non-hydrogen) atoms. The molecule has 0 radical (unpaired) electrons. The predicted molar refractivity (Wildman–Crippen MR) is 136 cm³/mol. The van der Waals surface area contributed by atoms with Crippen LogP contribution in [0.2, 0.25) is 0 Å². The van der Waals surface area contributed by atoms with Crippen molar-refractivity contribution < 1.29 is 29.0 Å². The number of urea groups is 1. The van der Waals surface area contributed by atoms with Crippen molar-refractivity contribution in [1.82, 2.24) is 10.2 Å². The minimum atomic E-state index is -0.963. The van der Waals surface area contributed by atoms with Crippen LogP contribution >= 0.6 is 11.8 Å². The van der Waals surface area contributed by atoms with Gasteiger partial charge in [-0.1, -0.05) is 18.6 Å². The van der Waals surface area contributed by atoms with Gasteiger partial charge in [-0.15, -0.1) is 11.8 Å². The summed E-state index contributed by atoms with van der Waals surface area (Å²) in [5.41, 5.74) is 0.329. The Morgan fingerprint density at radius 2 is 1.94 bits per heavy atom. The number of amides is 3. The summed E-state index contributed by atoms with van der Waals surface area (Å²) in [6, 6.07) is 5.30. The van der Waals surface area contributed by atoms with Crippen LogP contribution in [-0.2, 0) is 25.5 Å².